The maximum Gasteiger partial charge on any atom is 0.0584 e. The molecule has 3 heteroatoms. The fourth-order valence-corrected chi connectivity index (χ4v) is 3.08. The van der Waals surface area contributed by atoms with Gasteiger partial charge in [0, 0.05) is 19.1 Å². The summed E-state index contributed by atoms with van der Waals surface area (Å²) in [6, 6.07) is 0.270. The Morgan fingerprint density at radius 1 is 1.22 bits per heavy atom. The highest BCUT2D eigenvalue weighted by molar-refractivity contribution is 4.87. The molecule has 0 bridgehead atoms. The highest BCUT2D eigenvalue weighted by Gasteiger charge is 2.32. The van der Waals surface area contributed by atoms with E-state index in [9.17, 15) is 5.11 Å². The number of rotatable bonds is 7. The van der Waals surface area contributed by atoms with E-state index in [2.05, 4.69) is 31.1 Å². The second-order valence-corrected chi connectivity index (χ2v) is 6.14. The lowest BCUT2D eigenvalue weighted by molar-refractivity contribution is 0.0909. The van der Waals surface area contributed by atoms with Crippen molar-refractivity contribution in [2.75, 3.05) is 33.3 Å². The van der Waals surface area contributed by atoms with Gasteiger partial charge in [0.1, 0.15) is 0 Å². The Kier molecular flexibility index (Phi) is 7.20. The summed E-state index contributed by atoms with van der Waals surface area (Å²) < 4.78 is 0. The molecule has 3 nitrogen and oxygen atoms in total. The fraction of sp³-hybridized carbons (Fsp3) is 1.00. The monoisotopic (exact) mass is 256 g/mol. The van der Waals surface area contributed by atoms with E-state index in [1.54, 1.807) is 0 Å². The average molecular weight is 256 g/mol. The Bertz CT molecular complexity index is 213. The van der Waals surface area contributed by atoms with Gasteiger partial charge in [-0.3, -0.25) is 0 Å². The van der Waals surface area contributed by atoms with E-state index in [4.69, 9.17) is 0 Å². The van der Waals surface area contributed by atoms with Gasteiger partial charge >= 0.3 is 0 Å². The summed E-state index contributed by atoms with van der Waals surface area (Å²) in [6.07, 6.45) is 8.20. The summed E-state index contributed by atoms with van der Waals surface area (Å²) in [6.45, 7) is 7.85. The lowest BCUT2D eigenvalue weighted by Gasteiger charge is -2.38. The fourth-order valence-electron chi connectivity index (χ4n) is 3.08. The molecule has 0 spiro atoms. The third kappa shape index (κ3) is 4.87. The van der Waals surface area contributed by atoms with E-state index >= 15 is 0 Å². The zero-order valence-corrected chi connectivity index (χ0v) is 12.5. The van der Waals surface area contributed by atoms with Crippen molar-refractivity contribution in [2.45, 2.75) is 58.4 Å². The molecule has 0 aromatic carbocycles. The number of aliphatic hydroxyl groups is 1. The number of aliphatic hydroxyl groups excluding tert-OH is 1. The summed E-state index contributed by atoms with van der Waals surface area (Å²) in [5, 5.41) is 12.9. The van der Waals surface area contributed by atoms with Crippen molar-refractivity contribution >= 4 is 0 Å². The third-order valence-electron chi connectivity index (χ3n) is 4.52. The van der Waals surface area contributed by atoms with Gasteiger partial charge in [-0.25, -0.2) is 0 Å². The third-order valence-corrected chi connectivity index (χ3v) is 4.52. The van der Waals surface area contributed by atoms with Gasteiger partial charge in [-0.15, -0.1) is 0 Å². The second kappa shape index (κ2) is 8.13. The first-order valence-corrected chi connectivity index (χ1v) is 7.65. The number of hydrogen-bond acceptors (Lipinski definition) is 3. The van der Waals surface area contributed by atoms with Crippen LogP contribution in [0.1, 0.15) is 52.4 Å². The Morgan fingerprint density at radius 2 is 1.83 bits per heavy atom. The van der Waals surface area contributed by atoms with Crippen molar-refractivity contribution < 1.29 is 5.11 Å². The van der Waals surface area contributed by atoms with E-state index in [1.807, 2.05) is 0 Å². The largest absolute Gasteiger partial charge is 0.395 e. The standard InChI is InChI=1S/C15H32N2O/c1-4-16-12-15(9-7-5-6-8-10-15)13-17(3)14(2)11-18/h14,16,18H,4-13H2,1-3H3. The summed E-state index contributed by atoms with van der Waals surface area (Å²) in [5.74, 6) is 0. The molecule has 1 saturated carbocycles. The smallest absolute Gasteiger partial charge is 0.0584 e. The van der Waals surface area contributed by atoms with Crippen molar-refractivity contribution in [3.05, 3.63) is 0 Å². The van der Waals surface area contributed by atoms with Gasteiger partial charge < -0.3 is 15.3 Å². The highest BCUT2D eigenvalue weighted by Crippen LogP contribution is 2.35. The molecule has 18 heavy (non-hydrogen) atoms. The number of likely N-dealkylation sites (N-methyl/N-ethyl adjacent to an activating group) is 1. The zero-order valence-electron chi connectivity index (χ0n) is 12.5. The maximum atomic E-state index is 9.29. The maximum absolute atomic E-state index is 9.29. The molecule has 0 radical (unpaired) electrons. The van der Waals surface area contributed by atoms with E-state index in [0.717, 1.165) is 19.6 Å². The molecule has 0 aliphatic heterocycles. The van der Waals surface area contributed by atoms with Crippen molar-refractivity contribution in [1.29, 1.82) is 0 Å². The summed E-state index contributed by atoms with van der Waals surface area (Å²) in [4.78, 5) is 2.34. The van der Waals surface area contributed by atoms with E-state index in [0.29, 0.717) is 5.41 Å². The Balaban J connectivity index is 2.63. The second-order valence-electron chi connectivity index (χ2n) is 6.14. The average Bonchev–Trinajstić information content (AvgIpc) is 2.61. The minimum absolute atomic E-state index is 0.258. The molecule has 0 heterocycles. The van der Waals surface area contributed by atoms with Crippen molar-refractivity contribution in [3.8, 4) is 0 Å². The van der Waals surface area contributed by atoms with Gasteiger partial charge in [-0.05, 0) is 38.8 Å². The molecule has 1 unspecified atom stereocenters. The van der Waals surface area contributed by atoms with Crippen LogP contribution in [0.15, 0.2) is 0 Å². The van der Waals surface area contributed by atoms with Crippen LogP contribution in [0.3, 0.4) is 0 Å². The van der Waals surface area contributed by atoms with Crippen LogP contribution in [0, 0.1) is 5.41 Å². The number of nitrogens with one attached hydrogen (secondary N) is 1. The SMILES string of the molecule is CCNCC1(CN(C)C(C)CO)CCCCCC1. The van der Waals surface area contributed by atoms with Crippen molar-refractivity contribution in [3.63, 3.8) is 0 Å². The molecular formula is C15H32N2O. The molecule has 1 aliphatic carbocycles. The van der Waals surface area contributed by atoms with Crippen LogP contribution in [0.2, 0.25) is 0 Å². The summed E-state index contributed by atoms with van der Waals surface area (Å²) >= 11 is 0. The number of nitrogens with zero attached hydrogens (tertiary/aromatic N) is 1. The molecule has 108 valence electrons. The lowest BCUT2D eigenvalue weighted by Crippen LogP contribution is -2.46. The van der Waals surface area contributed by atoms with Crippen molar-refractivity contribution in [2.24, 2.45) is 5.41 Å². The van der Waals surface area contributed by atoms with E-state index < -0.39 is 0 Å². The molecule has 0 aromatic heterocycles. The summed E-state index contributed by atoms with van der Waals surface area (Å²) in [5.41, 5.74) is 0.421. The van der Waals surface area contributed by atoms with Crippen LogP contribution < -0.4 is 5.32 Å². The zero-order chi connectivity index (χ0) is 13.4. The highest BCUT2D eigenvalue weighted by atomic mass is 16.3. The molecule has 0 saturated heterocycles. The molecule has 1 atom stereocenters. The molecular weight excluding hydrogens is 224 g/mol. The molecule has 0 aromatic rings. The first-order valence-electron chi connectivity index (χ1n) is 7.65. The predicted octanol–water partition coefficient (Wildman–Crippen LogP) is 2.25. The van der Waals surface area contributed by atoms with Gasteiger partial charge in [0.2, 0.25) is 0 Å². The van der Waals surface area contributed by atoms with Gasteiger partial charge in [0.05, 0.1) is 6.61 Å². The van der Waals surface area contributed by atoms with Crippen molar-refractivity contribution in [1.82, 2.24) is 10.2 Å². The first kappa shape index (κ1) is 15.9. The predicted molar refractivity (Wildman–Crippen MR) is 77.9 cm³/mol. The van der Waals surface area contributed by atoms with Gasteiger partial charge in [0.25, 0.3) is 0 Å². The van der Waals surface area contributed by atoms with Gasteiger partial charge in [-0.2, -0.15) is 0 Å². The summed E-state index contributed by atoms with van der Waals surface area (Å²) in [7, 11) is 2.15. The lowest BCUT2D eigenvalue weighted by atomic mass is 9.79. The molecule has 2 N–H and O–H groups in total. The Morgan fingerprint density at radius 3 is 2.33 bits per heavy atom. The molecule has 1 fully saturated rings. The number of hydrogen-bond donors (Lipinski definition) is 2. The van der Waals surface area contributed by atoms with E-state index in [1.165, 1.54) is 38.5 Å². The van der Waals surface area contributed by atoms with Crippen LogP contribution >= 0.6 is 0 Å². The first-order chi connectivity index (χ1) is 8.63. The normalized spacial score (nSPS) is 21.8. The Hall–Kier alpha value is -0.120. The Labute approximate surface area is 113 Å². The van der Waals surface area contributed by atoms with Gasteiger partial charge in [0.15, 0.2) is 0 Å². The molecule has 1 aliphatic rings. The quantitative estimate of drug-likeness (QED) is 0.686. The topological polar surface area (TPSA) is 35.5 Å². The van der Waals surface area contributed by atoms with Crippen LogP contribution in [-0.4, -0.2) is 49.3 Å². The van der Waals surface area contributed by atoms with Crippen LogP contribution in [-0.2, 0) is 0 Å². The van der Waals surface area contributed by atoms with E-state index in [-0.39, 0.29) is 12.6 Å². The minimum atomic E-state index is 0.258. The molecule has 0 amide bonds. The van der Waals surface area contributed by atoms with Crippen LogP contribution in [0.25, 0.3) is 0 Å². The van der Waals surface area contributed by atoms with Gasteiger partial charge in [-0.1, -0.05) is 32.6 Å². The van der Waals surface area contributed by atoms with Crippen LogP contribution in [0.5, 0.6) is 0 Å². The van der Waals surface area contributed by atoms with Crippen LogP contribution in [0.4, 0.5) is 0 Å². The molecule has 1 rings (SSSR count). The minimum Gasteiger partial charge on any atom is -0.395 e.